The van der Waals surface area contributed by atoms with Crippen molar-refractivity contribution in [1.82, 2.24) is 25.5 Å². The van der Waals surface area contributed by atoms with Gasteiger partial charge in [0.05, 0.1) is 42.1 Å². The summed E-state index contributed by atoms with van der Waals surface area (Å²) in [6, 6.07) is 26.6. The molecule has 0 saturated heterocycles. The number of rotatable bonds is 11. The molecule has 11 heteroatoms. The molecule has 0 aliphatic carbocycles. The Labute approximate surface area is 262 Å². The lowest BCUT2D eigenvalue weighted by Crippen LogP contribution is -2.22. The van der Waals surface area contributed by atoms with Gasteiger partial charge in [0, 0.05) is 17.7 Å². The second-order valence-corrected chi connectivity index (χ2v) is 9.76. The van der Waals surface area contributed by atoms with E-state index in [4.69, 9.17) is 23.7 Å². The van der Waals surface area contributed by atoms with E-state index in [1.54, 1.807) is 52.4 Å². The molecule has 0 bridgehead atoms. The molecular weight excluding hydrogens is 574 g/mol. The molecule has 5 aromatic rings. The molecule has 4 aromatic carbocycles. The molecule has 0 fully saturated rings. The first kappa shape index (κ1) is 32.3. The third-order valence-electron chi connectivity index (χ3n) is 6.83. The number of hydrogen-bond acceptors (Lipinski definition) is 9. The highest BCUT2D eigenvalue weighted by Gasteiger charge is 2.16. The van der Waals surface area contributed by atoms with Crippen LogP contribution in [0.2, 0.25) is 0 Å². The van der Waals surface area contributed by atoms with Crippen LogP contribution >= 0.6 is 0 Å². The summed E-state index contributed by atoms with van der Waals surface area (Å²) in [6.07, 6.45) is 0. The molecule has 1 amide bonds. The van der Waals surface area contributed by atoms with Gasteiger partial charge in [-0.1, -0.05) is 54.6 Å². The summed E-state index contributed by atoms with van der Waals surface area (Å²) in [4.78, 5) is 12.0. The van der Waals surface area contributed by atoms with E-state index < -0.39 is 0 Å². The predicted octanol–water partition coefficient (Wildman–Crippen LogP) is 5.36. The standard InChI is InChI=1S/C17H18N4O3.C17H19NO3/c1-22-14-9-12(10-15(23-2)16(14)24-3)11-21-17(18-19-20-21)13-7-5-4-6-8-13;1-12-9-13(10-15(20-2)16(12)21-3)11-18-17(19)14-7-5-4-6-8-14/h4-10H,11H2,1-3H3;4-10H,11H2,1-3H3,(H,18,19). The van der Waals surface area contributed by atoms with Crippen molar-refractivity contribution in [1.29, 1.82) is 0 Å². The Balaban J connectivity index is 0.000000207. The number of benzene rings is 4. The minimum absolute atomic E-state index is 0.0944. The van der Waals surface area contributed by atoms with Crippen molar-refractivity contribution in [3.63, 3.8) is 0 Å². The van der Waals surface area contributed by atoms with E-state index in [1.807, 2.05) is 79.7 Å². The number of carbonyl (C=O) groups is 1. The molecular formula is C34H37N5O6. The van der Waals surface area contributed by atoms with E-state index in [2.05, 4.69) is 20.8 Å². The number of hydrogen-bond donors (Lipinski definition) is 1. The van der Waals surface area contributed by atoms with E-state index in [-0.39, 0.29) is 5.91 Å². The molecule has 5 rings (SSSR count). The number of nitrogens with zero attached hydrogens (tertiary/aromatic N) is 4. The van der Waals surface area contributed by atoms with E-state index in [0.717, 1.165) is 28.0 Å². The van der Waals surface area contributed by atoms with Gasteiger partial charge in [-0.3, -0.25) is 4.79 Å². The van der Waals surface area contributed by atoms with Gasteiger partial charge in [0.1, 0.15) is 0 Å². The average molecular weight is 612 g/mol. The van der Waals surface area contributed by atoms with Gasteiger partial charge in [-0.15, -0.1) is 5.10 Å². The lowest BCUT2D eigenvalue weighted by Gasteiger charge is -2.14. The van der Waals surface area contributed by atoms with Gasteiger partial charge in [-0.25, -0.2) is 4.68 Å². The molecule has 0 aliphatic rings. The normalized spacial score (nSPS) is 10.3. The maximum atomic E-state index is 12.0. The third kappa shape index (κ3) is 8.08. The highest BCUT2D eigenvalue weighted by atomic mass is 16.5. The highest BCUT2D eigenvalue weighted by molar-refractivity contribution is 5.94. The van der Waals surface area contributed by atoms with Crippen LogP contribution in [0.5, 0.6) is 28.7 Å². The lowest BCUT2D eigenvalue weighted by atomic mass is 10.1. The van der Waals surface area contributed by atoms with E-state index in [1.165, 1.54) is 0 Å². The zero-order chi connectivity index (χ0) is 32.2. The SMILES string of the molecule is COc1cc(CNC(=O)c2ccccc2)cc(C)c1OC.COc1cc(Cn2nnnc2-c2ccccc2)cc(OC)c1OC. The Hall–Kier alpha value is -5.58. The van der Waals surface area contributed by atoms with Crippen molar-refractivity contribution < 1.29 is 28.5 Å². The minimum atomic E-state index is -0.0944. The molecule has 0 spiro atoms. The molecule has 45 heavy (non-hydrogen) atoms. The molecule has 0 radical (unpaired) electrons. The van der Waals surface area contributed by atoms with Gasteiger partial charge < -0.3 is 29.0 Å². The molecule has 0 unspecified atom stereocenters. The third-order valence-corrected chi connectivity index (χ3v) is 6.83. The number of tetrazole rings is 1. The summed E-state index contributed by atoms with van der Waals surface area (Å²) in [7, 11) is 7.97. The van der Waals surface area contributed by atoms with Crippen LogP contribution in [0.3, 0.4) is 0 Å². The molecule has 11 nitrogen and oxygen atoms in total. The van der Waals surface area contributed by atoms with Crippen LogP contribution in [-0.4, -0.2) is 61.7 Å². The second kappa shape index (κ2) is 15.8. The largest absolute Gasteiger partial charge is 0.493 e. The van der Waals surface area contributed by atoms with E-state index in [9.17, 15) is 4.79 Å². The fraction of sp³-hybridized carbons (Fsp3) is 0.235. The zero-order valence-corrected chi connectivity index (χ0v) is 26.2. The summed E-state index contributed by atoms with van der Waals surface area (Å²) < 4.78 is 28.5. The monoisotopic (exact) mass is 611 g/mol. The second-order valence-electron chi connectivity index (χ2n) is 9.76. The minimum Gasteiger partial charge on any atom is -0.493 e. The summed E-state index contributed by atoms with van der Waals surface area (Å²) in [5.41, 5.74) is 4.48. The number of carbonyl (C=O) groups excluding carboxylic acids is 1. The van der Waals surface area contributed by atoms with Gasteiger partial charge in [0.2, 0.25) is 5.75 Å². The lowest BCUT2D eigenvalue weighted by molar-refractivity contribution is 0.0951. The summed E-state index contributed by atoms with van der Waals surface area (Å²) >= 11 is 0. The number of nitrogens with one attached hydrogen (secondary N) is 1. The number of methoxy groups -OCH3 is 5. The van der Waals surface area contributed by atoms with Crippen LogP contribution in [-0.2, 0) is 13.1 Å². The quantitative estimate of drug-likeness (QED) is 0.211. The van der Waals surface area contributed by atoms with E-state index >= 15 is 0 Å². The number of amides is 1. The Bertz CT molecular complexity index is 1670. The highest BCUT2D eigenvalue weighted by Crippen LogP contribution is 2.38. The number of aromatic nitrogens is 4. The van der Waals surface area contributed by atoms with Crippen LogP contribution in [0.25, 0.3) is 11.4 Å². The molecule has 0 atom stereocenters. The van der Waals surface area contributed by atoms with Gasteiger partial charge in [-0.2, -0.15) is 0 Å². The van der Waals surface area contributed by atoms with Crippen molar-refractivity contribution in [3.05, 3.63) is 107 Å². The number of ether oxygens (including phenoxy) is 5. The van der Waals surface area contributed by atoms with Crippen molar-refractivity contribution in [2.75, 3.05) is 35.5 Å². The Morgan fingerprint density at radius 1 is 0.711 bits per heavy atom. The van der Waals surface area contributed by atoms with Gasteiger partial charge in [-0.05, 0) is 64.4 Å². The molecule has 1 heterocycles. The Kier molecular flexibility index (Phi) is 11.3. The topological polar surface area (TPSA) is 119 Å². The van der Waals surface area contributed by atoms with Gasteiger partial charge in [0.25, 0.3) is 5.91 Å². The van der Waals surface area contributed by atoms with Crippen LogP contribution < -0.4 is 29.0 Å². The Morgan fingerprint density at radius 3 is 1.84 bits per heavy atom. The van der Waals surface area contributed by atoms with Crippen LogP contribution in [0.1, 0.15) is 27.0 Å². The average Bonchev–Trinajstić information content (AvgIpc) is 3.55. The molecule has 1 aromatic heterocycles. The fourth-order valence-corrected chi connectivity index (χ4v) is 4.71. The summed E-state index contributed by atoms with van der Waals surface area (Å²) in [5, 5.41) is 14.9. The molecule has 0 saturated carbocycles. The first-order valence-corrected chi connectivity index (χ1v) is 14.1. The summed E-state index contributed by atoms with van der Waals surface area (Å²) in [5.74, 6) is 3.75. The maximum absolute atomic E-state index is 12.0. The predicted molar refractivity (Wildman–Crippen MR) is 170 cm³/mol. The van der Waals surface area contributed by atoms with Crippen molar-refractivity contribution in [2.24, 2.45) is 0 Å². The first-order valence-electron chi connectivity index (χ1n) is 14.1. The number of aryl methyl sites for hydroxylation is 1. The van der Waals surface area contributed by atoms with Gasteiger partial charge in [0.15, 0.2) is 28.8 Å². The smallest absolute Gasteiger partial charge is 0.251 e. The van der Waals surface area contributed by atoms with Crippen LogP contribution in [0.15, 0.2) is 84.9 Å². The fourth-order valence-electron chi connectivity index (χ4n) is 4.71. The molecule has 1 N–H and O–H groups in total. The zero-order valence-electron chi connectivity index (χ0n) is 26.2. The van der Waals surface area contributed by atoms with Crippen molar-refractivity contribution in [2.45, 2.75) is 20.0 Å². The first-order chi connectivity index (χ1) is 21.9. The van der Waals surface area contributed by atoms with Crippen molar-refractivity contribution in [3.8, 4) is 40.1 Å². The van der Waals surface area contributed by atoms with E-state index in [0.29, 0.717) is 47.5 Å². The Morgan fingerprint density at radius 2 is 1.27 bits per heavy atom. The molecule has 234 valence electrons. The van der Waals surface area contributed by atoms with Crippen molar-refractivity contribution >= 4 is 5.91 Å². The van der Waals surface area contributed by atoms with Crippen LogP contribution in [0, 0.1) is 6.92 Å². The molecule has 0 aliphatic heterocycles. The van der Waals surface area contributed by atoms with Gasteiger partial charge >= 0.3 is 0 Å². The maximum Gasteiger partial charge on any atom is 0.251 e. The summed E-state index contributed by atoms with van der Waals surface area (Å²) in [6.45, 7) is 2.87. The van der Waals surface area contributed by atoms with Crippen LogP contribution in [0.4, 0.5) is 0 Å².